The van der Waals surface area contributed by atoms with Crippen LogP contribution in [0.15, 0.2) is 53.6 Å². The van der Waals surface area contributed by atoms with Crippen molar-refractivity contribution in [1.29, 1.82) is 0 Å². The summed E-state index contributed by atoms with van der Waals surface area (Å²) >= 11 is 0. The number of methoxy groups -OCH3 is 1. The van der Waals surface area contributed by atoms with Crippen molar-refractivity contribution in [3.63, 3.8) is 0 Å². The van der Waals surface area contributed by atoms with Crippen LogP contribution < -0.4 is 0 Å². The minimum Gasteiger partial charge on any atom is -0.383 e. The van der Waals surface area contributed by atoms with Crippen LogP contribution in [0.5, 0.6) is 0 Å². The van der Waals surface area contributed by atoms with Gasteiger partial charge in [-0.15, -0.1) is 0 Å². The Kier molecular flexibility index (Phi) is 6.65. The lowest BCUT2D eigenvalue weighted by Gasteiger charge is -2.27. The number of benzene rings is 2. The second kappa shape index (κ2) is 9.61. The molecule has 1 aliphatic carbocycles. The fraction of sp³-hybridized carbons (Fsp3) is 0.400. The molecule has 2 amide bonds. The number of halogens is 1. The van der Waals surface area contributed by atoms with E-state index in [4.69, 9.17) is 4.74 Å². The highest BCUT2D eigenvalue weighted by atomic mass is 19.1. The van der Waals surface area contributed by atoms with Crippen LogP contribution in [0.25, 0.3) is 0 Å². The van der Waals surface area contributed by atoms with Gasteiger partial charge in [-0.3, -0.25) is 9.59 Å². The fourth-order valence-corrected chi connectivity index (χ4v) is 3.94. The summed E-state index contributed by atoms with van der Waals surface area (Å²) in [5.74, 6) is -0.663. The van der Waals surface area contributed by atoms with Crippen LogP contribution >= 0.6 is 0 Å². The van der Waals surface area contributed by atoms with Gasteiger partial charge in [-0.05, 0) is 31.4 Å². The van der Waals surface area contributed by atoms with Crippen molar-refractivity contribution >= 4 is 17.5 Å². The minimum absolute atomic E-state index is 0.00334. The van der Waals surface area contributed by atoms with E-state index in [1.165, 1.54) is 11.1 Å². The lowest BCUT2D eigenvalue weighted by atomic mass is 9.97. The molecule has 168 valence electrons. The molecule has 1 fully saturated rings. The van der Waals surface area contributed by atoms with Crippen molar-refractivity contribution in [1.82, 2.24) is 9.91 Å². The molecular weight excluding hydrogens is 409 g/mol. The van der Waals surface area contributed by atoms with Crippen molar-refractivity contribution in [3.8, 4) is 0 Å². The predicted octanol–water partition coefficient (Wildman–Crippen LogP) is 3.70. The zero-order valence-electron chi connectivity index (χ0n) is 18.5. The number of ether oxygens (including phenoxy) is 1. The highest BCUT2D eigenvalue weighted by Crippen LogP contribution is 2.34. The monoisotopic (exact) mass is 437 g/mol. The zero-order valence-corrected chi connectivity index (χ0v) is 18.5. The summed E-state index contributed by atoms with van der Waals surface area (Å²) in [7, 11) is 1.57. The number of hydrogen-bond donors (Lipinski definition) is 0. The molecule has 0 saturated heterocycles. The van der Waals surface area contributed by atoms with Gasteiger partial charge in [0.15, 0.2) is 0 Å². The van der Waals surface area contributed by atoms with Gasteiger partial charge in [-0.1, -0.05) is 48.0 Å². The van der Waals surface area contributed by atoms with Crippen LogP contribution in [-0.4, -0.2) is 54.2 Å². The molecule has 0 spiro atoms. The largest absolute Gasteiger partial charge is 0.383 e. The Morgan fingerprint density at radius 2 is 1.88 bits per heavy atom. The normalized spacial score (nSPS) is 17.9. The van der Waals surface area contributed by atoms with Gasteiger partial charge in [-0.2, -0.15) is 5.10 Å². The standard InChI is InChI=1S/C25H28FN3O3/c1-17-7-9-18(10-8-17)23-15-22(20-5-3-4-6-21(20)26)27-29(23)24(30)16-28(13-14-32-2)25(31)19-11-12-19/h3-10,19,23H,11-16H2,1-2H3/t23-/m0/s1. The molecule has 2 aliphatic rings. The first-order valence-corrected chi connectivity index (χ1v) is 11.0. The number of amides is 2. The molecule has 0 aromatic heterocycles. The minimum atomic E-state index is -0.367. The average Bonchev–Trinajstić information content (AvgIpc) is 3.55. The van der Waals surface area contributed by atoms with Crippen LogP contribution in [0.1, 0.15) is 42.0 Å². The van der Waals surface area contributed by atoms with Gasteiger partial charge < -0.3 is 9.64 Å². The average molecular weight is 438 g/mol. The highest BCUT2D eigenvalue weighted by Gasteiger charge is 2.38. The first kappa shape index (κ1) is 22.1. The van der Waals surface area contributed by atoms with Gasteiger partial charge in [0.05, 0.1) is 18.4 Å². The summed E-state index contributed by atoms with van der Waals surface area (Å²) in [5, 5.41) is 5.97. The fourth-order valence-electron chi connectivity index (χ4n) is 3.94. The van der Waals surface area contributed by atoms with Crippen molar-refractivity contribution in [2.75, 3.05) is 26.8 Å². The maximum atomic E-state index is 14.5. The molecule has 0 bridgehead atoms. The smallest absolute Gasteiger partial charge is 0.262 e. The van der Waals surface area contributed by atoms with E-state index in [9.17, 15) is 14.0 Å². The summed E-state index contributed by atoms with van der Waals surface area (Å²) in [6.07, 6.45) is 2.13. The van der Waals surface area contributed by atoms with E-state index >= 15 is 0 Å². The molecule has 1 atom stereocenters. The van der Waals surface area contributed by atoms with E-state index in [0.29, 0.717) is 30.8 Å². The Hall–Kier alpha value is -3.06. The molecule has 4 rings (SSSR count). The Morgan fingerprint density at radius 1 is 1.16 bits per heavy atom. The van der Waals surface area contributed by atoms with Gasteiger partial charge in [-0.25, -0.2) is 9.40 Å². The third kappa shape index (κ3) is 4.88. The maximum absolute atomic E-state index is 14.5. The molecule has 0 unspecified atom stereocenters. The number of hydrogen-bond acceptors (Lipinski definition) is 4. The van der Waals surface area contributed by atoms with E-state index in [1.807, 2.05) is 31.2 Å². The van der Waals surface area contributed by atoms with Gasteiger partial charge >= 0.3 is 0 Å². The number of carbonyl (C=O) groups excluding carboxylic acids is 2. The highest BCUT2D eigenvalue weighted by molar-refractivity contribution is 6.03. The van der Waals surface area contributed by atoms with Gasteiger partial charge in [0.2, 0.25) is 5.91 Å². The second-order valence-electron chi connectivity index (χ2n) is 8.42. The van der Waals surface area contributed by atoms with Crippen molar-refractivity contribution in [2.45, 2.75) is 32.2 Å². The second-order valence-corrected chi connectivity index (χ2v) is 8.42. The van der Waals surface area contributed by atoms with E-state index in [1.54, 1.807) is 30.2 Å². The lowest BCUT2D eigenvalue weighted by molar-refractivity contribution is -0.142. The Labute approximate surface area is 187 Å². The van der Waals surface area contributed by atoms with Crippen molar-refractivity contribution in [2.24, 2.45) is 11.0 Å². The molecule has 1 aliphatic heterocycles. The molecular formula is C25H28FN3O3. The van der Waals surface area contributed by atoms with Crippen LogP contribution in [0.4, 0.5) is 4.39 Å². The van der Waals surface area contributed by atoms with Crippen LogP contribution in [-0.2, 0) is 14.3 Å². The molecule has 32 heavy (non-hydrogen) atoms. The Bertz CT molecular complexity index is 1020. The van der Waals surface area contributed by atoms with E-state index < -0.39 is 0 Å². The van der Waals surface area contributed by atoms with Crippen LogP contribution in [0, 0.1) is 18.7 Å². The predicted molar refractivity (Wildman–Crippen MR) is 120 cm³/mol. The topological polar surface area (TPSA) is 62.2 Å². The first-order chi connectivity index (χ1) is 15.5. The quantitative estimate of drug-likeness (QED) is 0.633. The molecule has 1 heterocycles. The molecule has 0 radical (unpaired) electrons. The maximum Gasteiger partial charge on any atom is 0.262 e. The van der Waals surface area contributed by atoms with Gasteiger partial charge in [0.1, 0.15) is 12.4 Å². The number of nitrogens with zero attached hydrogens (tertiary/aromatic N) is 3. The Morgan fingerprint density at radius 3 is 2.53 bits per heavy atom. The number of hydrazone groups is 1. The summed E-state index contributed by atoms with van der Waals surface area (Å²) in [6.45, 7) is 2.64. The van der Waals surface area contributed by atoms with Crippen LogP contribution in [0.3, 0.4) is 0 Å². The number of rotatable bonds is 8. The summed E-state index contributed by atoms with van der Waals surface area (Å²) in [4.78, 5) is 27.6. The zero-order chi connectivity index (χ0) is 22.7. The lowest BCUT2D eigenvalue weighted by Crippen LogP contribution is -2.43. The third-order valence-corrected chi connectivity index (χ3v) is 5.94. The summed E-state index contributed by atoms with van der Waals surface area (Å²) in [5.41, 5.74) is 2.96. The molecule has 0 N–H and O–H groups in total. The van der Waals surface area contributed by atoms with Crippen molar-refractivity contribution < 1.29 is 18.7 Å². The van der Waals surface area contributed by atoms with Crippen molar-refractivity contribution in [3.05, 3.63) is 71.0 Å². The molecule has 1 saturated carbocycles. The first-order valence-electron chi connectivity index (χ1n) is 11.0. The van der Waals surface area contributed by atoms with E-state index in [-0.39, 0.29) is 36.1 Å². The van der Waals surface area contributed by atoms with E-state index in [0.717, 1.165) is 24.0 Å². The molecule has 6 nitrogen and oxygen atoms in total. The summed E-state index contributed by atoms with van der Waals surface area (Å²) in [6, 6.07) is 14.0. The SMILES string of the molecule is COCCN(CC(=O)N1N=C(c2ccccc2F)C[C@H]1c1ccc(C)cc1)C(=O)C1CC1. The molecule has 2 aromatic rings. The van der Waals surface area contributed by atoms with Gasteiger partial charge in [0, 0.05) is 31.6 Å². The third-order valence-electron chi connectivity index (χ3n) is 5.94. The van der Waals surface area contributed by atoms with Gasteiger partial charge in [0.25, 0.3) is 5.91 Å². The number of aryl methyl sites for hydroxylation is 1. The van der Waals surface area contributed by atoms with Crippen LogP contribution in [0.2, 0.25) is 0 Å². The number of carbonyl (C=O) groups is 2. The summed E-state index contributed by atoms with van der Waals surface area (Å²) < 4.78 is 19.6. The Balaban J connectivity index is 1.61. The van der Waals surface area contributed by atoms with E-state index in [2.05, 4.69) is 5.10 Å². The molecule has 2 aromatic carbocycles. The molecule has 7 heteroatoms.